The molecule has 5 aromatic rings. The summed E-state index contributed by atoms with van der Waals surface area (Å²) in [5.41, 5.74) is 1.84. The molecule has 2 heteroatoms. The summed E-state index contributed by atoms with van der Waals surface area (Å²) in [4.78, 5) is 0. The molecule has 0 fully saturated rings. The summed E-state index contributed by atoms with van der Waals surface area (Å²) in [7, 11) is 0. The van der Waals surface area contributed by atoms with Gasteiger partial charge in [0.2, 0.25) is 0 Å². The Kier molecular flexibility index (Phi) is 10.5. The van der Waals surface area contributed by atoms with E-state index in [1.807, 2.05) is 175 Å². The van der Waals surface area contributed by atoms with Gasteiger partial charge in [-0.3, -0.25) is 0 Å². The minimum atomic E-state index is -1.51. The highest BCUT2D eigenvalue weighted by molar-refractivity contribution is 5.55. The van der Waals surface area contributed by atoms with E-state index < -0.39 is 22.0 Å². The molecular formula is C48H42O2. The molecule has 246 valence electrons. The monoisotopic (exact) mass is 650 g/mol. The number of benzene rings is 5. The standard InChI is InChI=1S/C48H42O2/c1-45(2,3)47(49,35-33-41-23-15-13-21-39(41)27-25-37-17-9-7-10-18-37)43-29-31-44(32-30-43)48(50,46(4,5)6)36-34-42-24-16-14-22-40(42)28-26-38-19-11-8-12-20-38/h7-24,29-32,49-50H,1-6H3. The second-order valence-electron chi connectivity index (χ2n) is 14.3. The average molecular weight is 651 g/mol. The first-order valence-corrected chi connectivity index (χ1v) is 16.7. The third-order valence-corrected chi connectivity index (χ3v) is 8.73. The van der Waals surface area contributed by atoms with Crippen LogP contribution in [-0.2, 0) is 11.2 Å². The molecule has 0 saturated heterocycles. The Morgan fingerprint density at radius 1 is 0.340 bits per heavy atom. The van der Waals surface area contributed by atoms with Crippen molar-refractivity contribution in [3.05, 3.63) is 178 Å². The molecule has 2 unspecified atom stereocenters. The van der Waals surface area contributed by atoms with Crippen LogP contribution in [-0.4, -0.2) is 10.2 Å². The lowest BCUT2D eigenvalue weighted by molar-refractivity contribution is -0.0120. The largest absolute Gasteiger partial charge is 0.373 e. The first-order valence-electron chi connectivity index (χ1n) is 16.7. The molecule has 5 aromatic carbocycles. The van der Waals surface area contributed by atoms with E-state index in [2.05, 4.69) is 47.4 Å². The van der Waals surface area contributed by atoms with Gasteiger partial charge in [0, 0.05) is 44.2 Å². The zero-order chi connectivity index (χ0) is 35.8. The van der Waals surface area contributed by atoms with Crippen molar-refractivity contribution >= 4 is 0 Å². The molecule has 0 saturated carbocycles. The highest BCUT2D eigenvalue weighted by atomic mass is 16.3. The van der Waals surface area contributed by atoms with Crippen LogP contribution in [0.4, 0.5) is 0 Å². The normalized spacial score (nSPS) is 13.3. The van der Waals surface area contributed by atoms with Crippen molar-refractivity contribution in [3.8, 4) is 47.4 Å². The maximum Gasteiger partial charge on any atom is 0.156 e. The van der Waals surface area contributed by atoms with E-state index in [1.54, 1.807) is 0 Å². The predicted octanol–water partition coefficient (Wildman–Crippen LogP) is 9.06. The Labute approximate surface area is 298 Å². The average Bonchev–Trinajstić information content (AvgIpc) is 3.11. The Balaban J connectivity index is 1.50. The maximum atomic E-state index is 12.2. The molecule has 2 N–H and O–H groups in total. The maximum absolute atomic E-state index is 12.2. The Hall–Kier alpha value is -5.74. The molecule has 0 aliphatic rings. The van der Waals surface area contributed by atoms with Crippen molar-refractivity contribution in [1.82, 2.24) is 0 Å². The van der Waals surface area contributed by atoms with Crippen molar-refractivity contribution in [2.24, 2.45) is 10.8 Å². The van der Waals surface area contributed by atoms with E-state index in [1.165, 1.54) is 0 Å². The van der Waals surface area contributed by atoms with Gasteiger partial charge in [0.05, 0.1) is 0 Å². The van der Waals surface area contributed by atoms with Gasteiger partial charge in [-0.05, 0) is 59.7 Å². The Bertz CT molecular complexity index is 2040. The summed E-state index contributed by atoms with van der Waals surface area (Å²) in [6, 6.07) is 42.4. The molecule has 0 amide bonds. The Morgan fingerprint density at radius 2 is 0.620 bits per heavy atom. The lowest BCUT2D eigenvalue weighted by Crippen LogP contribution is -2.40. The first-order chi connectivity index (χ1) is 23.8. The molecule has 0 aromatic heterocycles. The van der Waals surface area contributed by atoms with Crippen molar-refractivity contribution in [3.63, 3.8) is 0 Å². The van der Waals surface area contributed by atoms with Gasteiger partial charge in [-0.25, -0.2) is 0 Å². The van der Waals surface area contributed by atoms with Crippen LogP contribution in [0.25, 0.3) is 0 Å². The van der Waals surface area contributed by atoms with Crippen LogP contribution in [0.2, 0.25) is 0 Å². The van der Waals surface area contributed by atoms with Gasteiger partial charge in [-0.1, -0.05) is 174 Å². The summed E-state index contributed by atoms with van der Waals surface area (Å²) < 4.78 is 0. The minimum Gasteiger partial charge on any atom is -0.373 e. The zero-order valence-corrected chi connectivity index (χ0v) is 29.6. The summed E-state index contributed by atoms with van der Waals surface area (Å²) in [6.07, 6.45) is 0. The first kappa shape index (κ1) is 35.6. The van der Waals surface area contributed by atoms with Gasteiger partial charge in [-0.15, -0.1) is 0 Å². The fraction of sp³-hybridized carbons (Fsp3) is 0.208. The van der Waals surface area contributed by atoms with E-state index in [9.17, 15) is 10.2 Å². The summed E-state index contributed by atoms with van der Waals surface area (Å²) >= 11 is 0. The fourth-order valence-electron chi connectivity index (χ4n) is 5.38. The highest BCUT2D eigenvalue weighted by Gasteiger charge is 2.43. The number of hydrogen-bond donors (Lipinski definition) is 2. The van der Waals surface area contributed by atoms with E-state index >= 15 is 0 Å². The second-order valence-corrected chi connectivity index (χ2v) is 14.3. The minimum absolute atomic E-state index is 0.625. The molecular weight excluding hydrogens is 609 g/mol. The summed E-state index contributed by atoms with van der Waals surface area (Å²) in [5, 5.41) is 24.5. The van der Waals surface area contributed by atoms with Crippen LogP contribution >= 0.6 is 0 Å². The van der Waals surface area contributed by atoms with Gasteiger partial charge in [-0.2, -0.15) is 0 Å². The highest BCUT2D eigenvalue weighted by Crippen LogP contribution is 2.42. The van der Waals surface area contributed by atoms with Crippen LogP contribution in [0.3, 0.4) is 0 Å². The fourth-order valence-corrected chi connectivity index (χ4v) is 5.38. The van der Waals surface area contributed by atoms with Crippen molar-refractivity contribution < 1.29 is 10.2 Å². The molecule has 0 spiro atoms. The van der Waals surface area contributed by atoms with Gasteiger partial charge in [0.1, 0.15) is 0 Å². The zero-order valence-electron chi connectivity index (χ0n) is 29.6. The molecule has 0 radical (unpaired) electrons. The van der Waals surface area contributed by atoms with Crippen molar-refractivity contribution in [2.45, 2.75) is 52.7 Å². The molecule has 0 aliphatic carbocycles. The van der Waals surface area contributed by atoms with E-state index in [-0.39, 0.29) is 0 Å². The van der Waals surface area contributed by atoms with Crippen LogP contribution < -0.4 is 0 Å². The van der Waals surface area contributed by atoms with Crippen LogP contribution in [0.5, 0.6) is 0 Å². The van der Waals surface area contributed by atoms with Crippen molar-refractivity contribution in [1.29, 1.82) is 0 Å². The third-order valence-electron chi connectivity index (χ3n) is 8.73. The van der Waals surface area contributed by atoms with Crippen LogP contribution in [0.1, 0.15) is 86.1 Å². The van der Waals surface area contributed by atoms with Gasteiger partial charge in [0.15, 0.2) is 11.2 Å². The Morgan fingerprint density at radius 3 is 0.920 bits per heavy atom. The van der Waals surface area contributed by atoms with Gasteiger partial charge >= 0.3 is 0 Å². The molecule has 5 rings (SSSR count). The number of hydrogen-bond acceptors (Lipinski definition) is 2. The second kappa shape index (κ2) is 14.8. The molecule has 2 nitrogen and oxygen atoms in total. The lowest BCUT2D eigenvalue weighted by Gasteiger charge is -2.38. The molecule has 2 atom stereocenters. The van der Waals surface area contributed by atoms with Crippen molar-refractivity contribution in [2.75, 3.05) is 0 Å². The topological polar surface area (TPSA) is 40.5 Å². The quantitative estimate of drug-likeness (QED) is 0.187. The number of rotatable bonds is 2. The third kappa shape index (κ3) is 8.10. The van der Waals surface area contributed by atoms with Gasteiger partial charge in [0.25, 0.3) is 0 Å². The molecule has 0 bridgehead atoms. The SMILES string of the molecule is CC(C)(C)C(O)(C#Cc1ccccc1C#Cc1ccccc1)c1ccc(C(O)(C#Cc2ccccc2C#Cc2ccccc2)C(C)(C)C)cc1. The predicted molar refractivity (Wildman–Crippen MR) is 205 cm³/mol. The molecule has 0 heterocycles. The molecule has 50 heavy (non-hydrogen) atoms. The van der Waals surface area contributed by atoms with Crippen LogP contribution in [0.15, 0.2) is 133 Å². The van der Waals surface area contributed by atoms with E-state index in [0.29, 0.717) is 11.1 Å². The van der Waals surface area contributed by atoms with Gasteiger partial charge < -0.3 is 10.2 Å². The molecule has 0 aliphatic heterocycles. The van der Waals surface area contributed by atoms with E-state index in [4.69, 9.17) is 0 Å². The lowest BCUT2D eigenvalue weighted by atomic mass is 9.70. The van der Waals surface area contributed by atoms with E-state index in [0.717, 1.165) is 33.4 Å². The summed E-state index contributed by atoms with van der Waals surface area (Å²) in [5.74, 6) is 25.8. The number of aliphatic hydroxyl groups is 2. The summed E-state index contributed by atoms with van der Waals surface area (Å²) in [6.45, 7) is 11.8. The smallest absolute Gasteiger partial charge is 0.156 e. The van der Waals surface area contributed by atoms with Crippen LogP contribution in [0, 0.1) is 58.2 Å².